The Balaban J connectivity index is 1.10. The standard InChI is InChI=1S/C30H37F3N6O3/c1-4-39(19(2)3)26(40)21-11-20(31)5-6-23(21)42-24-13-34-18-36-25(24)38-16-28(17-38)7-9-37(10-8-28)27(41)22-12-29(15-35-22)14-30(29,32)33/h5-6,11,13,18-19,22,35H,4,7-10,12,14-17H2,1-3H3/t22-,29+/m0/s1. The number of alkyl halides is 2. The predicted octanol–water partition coefficient (Wildman–Crippen LogP) is 4.09. The maximum atomic E-state index is 14.2. The van der Waals surface area contributed by atoms with E-state index in [1.807, 2.05) is 25.7 Å². The summed E-state index contributed by atoms with van der Waals surface area (Å²) in [4.78, 5) is 40.5. The number of hydrogen-bond acceptors (Lipinski definition) is 7. The molecule has 3 saturated heterocycles. The molecule has 1 aliphatic carbocycles. The van der Waals surface area contributed by atoms with Gasteiger partial charge in [-0.15, -0.1) is 0 Å². The first-order valence-corrected chi connectivity index (χ1v) is 14.7. The second-order valence-electron chi connectivity index (χ2n) is 12.6. The largest absolute Gasteiger partial charge is 0.451 e. The predicted molar refractivity (Wildman–Crippen MR) is 149 cm³/mol. The number of halogens is 3. The van der Waals surface area contributed by atoms with Crippen molar-refractivity contribution in [1.29, 1.82) is 0 Å². The third-order valence-corrected chi connectivity index (χ3v) is 9.55. The van der Waals surface area contributed by atoms with Crippen LogP contribution in [0, 0.1) is 16.6 Å². The molecule has 4 heterocycles. The summed E-state index contributed by atoms with van der Waals surface area (Å²) in [5, 5.41) is 3.04. The number of rotatable bonds is 7. The van der Waals surface area contributed by atoms with Crippen LogP contribution in [0.25, 0.3) is 0 Å². The second-order valence-corrected chi connectivity index (χ2v) is 12.6. The van der Waals surface area contributed by atoms with E-state index in [-0.39, 0.29) is 54.0 Å². The van der Waals surface area contributed by atoms with Crippen LogP contribution in [0.15, 0.2) is 30.7 Å². The molecule has 12 heteroatoms. The number of hydrogen-bond donors (Lipinski definition) is 1. The van der Waals surface area contributed by atoms with Crippen LogP contribution in [0.5, 0.6) is 11.5 Å². The fourth-order valence-electron chi connectivity index (χ4n) is 6.87. The van der Waals surface area contributed by atoms with Gasteiger partial charge in [0.05, 0.1) is 23.2 Å². The highest BCUT2D eigenvalue weighted by atomic mass is 19.3. The molecule has 1 saturated carbocycles. The van der Waals surface area contributed by atoms with Crippen LogP contribution >= 0.6 is 0 Å². The molecule has 0 radical (unpaired) electrons. The van der Waals surface area contributed by atoms with Crippen molar-refractivity contribution in [3.63, 3.8) is 0 Å². The minimum absolute atomic E-state index is 0.0166. The summed E-state index contributed by atoms with van der Waals surface area (Å²) in [6.07, 6.45) is 4.68. The van der Waals surface area contributed by atoms with Crippen LogP contribution in [-0.2, 0) is 4.79 Å². The van der Waals surface area contributed by atoms with Gasteiger partial charge >= 0.3 is 0 Å². The van der Waals surface area contributed by atoms with Crippen LogP contribution in [-0.4, -0.2) is 88.9 Å². The van der Waals surface area contributed by atoms with Crippen molar-refractivity contribution in [2.75, 3.05) is 44.2 Å². The number of likely N-dealkylation sites (tertiary alicyclic amines) is 1. The van der Waals surface area contributed by atoms with E-state index in [2.05, 4.69) is 20.2 Å². The third-order valence-electron chi connectivity index (χ3n) is 9.55. The highest BCUT2D eigenvalue weighted by molar-refractivity contribution is 5.97. The van der Waals surface area contributed by atoms with Gasteiger partial charge in [0.15, 0.2) is 11.6 Å². The molecular formula is C30H37F3N6O3. The quantitative estimate of drug-likeness (QED) is 0.523. The lowest BCUT2D eigenvalue weighted by Crippen LogP contribution is -2.62. The number of aromatic nitrogens is 2. The molecule has 2 spiro atoms. The molecule has 226 valence electrons. The van der Waals surface area contributed by atoms with Gasteiger partial charge in [0.2, 0.25) is 5.91 Å². The minimum atomic E-state index is -2.66. The Morgan fingerprint density at radius 2 is 1.90 bits per heavy atom. The number of anilines is 1. The molecule has 2 amide bonds. The molecule has 1 aromatic heterocycles. The topological polar surface area (TPSA) is 90.9 Å². The number of nitrogens with zero attached hydrogens (tertiary/aromatic N) is 5. The molecule has 3 aliphatic heterocycles. The molecule has 1 N–H and O–H groups in total. The van der Waals surface area contributed by atoms with E-state index in [1.165, 1.54) is 30.7 Å². The van der Waals surface area contributed by atoms with Crippen molar-refractivity contribution >= 4 is 17.6 Å². The first-order valence-electron chi connectivity index (χ1n) is 14.7. The van der Waals surface area contributed by atoms with Gasteiger partial charge < -0.3 is 24.8 Å². The summed E-state index contributed by atoms with van der Waals surface area (Å²) in [6, 6.07) is 3.30. The number of nitrogens with one attached hydrogen (secondary N) is 1. The fraction of sp³-hybridized carbons (Fsp3) is 0.600. The van der Waals surface area contributed by atoms with E-state index in [0.717, 1.165) is 12.8 Å². The van der Waals surface area contributed by atoms with Gasteiger partial charge in [-0.25, -0.2) is 23.1 Å². The minimum Gasteiger partial charge on any atom is -0.451 e. The van der Waals surface area contributed by atoms with Gasteiger partial charge in [0.1, 0.15) is 17.9 Å². The van der Waals surface area contributed by atoms with Gasteiger partial charge in [0.25, 0.3) is 11.8 Å². The molecule has 4 fully saturated rings. The Morgan fingerprint density at radius 3 is 2.52 bits per heavy atom. The Kier molecular flexibility index (Phi) is 7.10. The van der Waals surface area contributed by atoms with E-state index in [1.54, 1.807) is 4.90 Å². The molecular weight excluding hydrogens is 549 g/mol. The van der Waals surface area contributed by atoms with Gasteiger partial charge in [0, 0.05) is 57.1 Å². The van der Waals surface area contributed by atoms with Crippen LogP contribution in [0.1, 0.15) is 56.8 Å². The summed E-state index contributed by atoms with van der Waals surface area (Å²) < 4.78 is 47.9. The smallest absolute Gasteiger partial charge is 0.257 e. The number of carbonyl (C=O) groups excluding carboxylic acids is 2. The van der Waals surface area contributed by atoms with Crippen LogP contribution in [0.3, 0.4) is 0 Å². The number of ether oxygens (including phenoxy) is 1. The van der Waals surface area contributed by atoms with Crippen LogP contribution < -0.4 is 15.0 Å². The van der Waals surface area contributed by atoms with Gasteiger partial charge in [-0.2, -0.15) is 0 Å². The van der Waals surface area contributed by atoms with E-state index in [0.29, 0.717) is 44.3 Å². The normalized spacial score (nSPS) is 25.5. The lowest BCUT2D eigenvalue weighted by molar-refractivity contribution is -0.135. The fourth-order valence-corrected chi connectivity index (χ4v) is 6.87. The van der Waals surface area contributed by atoms with Crippen molar-refractivity contribution in [2.45, 2.75) is 64.5 Å². The lowest BCUT2D eigenvalue weighted by atomic mass is 9.72. The van der Waals surface area contributed by atoms with Gasteiger partial charge in [-0.3, -0.25) is 9.59 Å². The monoisotopic (exact) mass is 586 g/mol. The summed E-state index contributed by atoms with van der Waals surface area (Å²) in [5.41, 5.74) is -0.879. The highest BCUT2D eigenvalue weighted by Gasteiger charge is 2.73. The lowest BCUT2D eigenvalue weighted by Gasteiger charge is -2.54. The number of carbonyl (C=O) groups is 2. The molecule has 4 aliphatic rings. The van der Waals surface area contributed by atoms with Crippen LogP contribution in [0.4, 0.5) is 19.0 Å². The average molecular weight is 587 g/mol. The summed E-state index contributed by atoms with van der Waals surface area (Å²) in [5.74, 6) is -2.40. The number of piperidine rings is 1. The zero-order valence-corrected chi connectivity index (χ0v) is 24.2. The van der Waals surface area contributed by atoms with Crippen molar-refractivity contribution in [1.82, 2.24) is 25.1 Å². The Bertz CT molecular complexity index is 1370. The van der Waals surface area contributed by atoms with Gasteiger partial charge in [-0.05, 0) is 58.2 Å². The molecule has 0 bridgehead atoms. The van der Waals surface area contributed by atoms with Gasteiger partial charge in [-0.1, -0.05) is 0 Å². The molecule has 0 unspecified atom stereocenters. The van der Waals surface area contributed by atoms with Crippen molar-refractivity contribution < 1.29 is 27.5 Å². The highest BCUT2D eigenvalue weighted by Crippen LogP contribution is 2.64. The van der Waals surface area contributed by atoms with Crippen molar-refractivity contribution in [2.24, 2.45) is 10.8 Å². The van der Waals surface area contributed by atoms with Crippen LogP contribution in [0.2, 0.25) is 0 Å². The molecule has 42 heavy (non-hydrogen) atoms. The van der Waals surface area contributed by atoms with Crippen molar-refractivity contribution in [3.05, 3.63) is 42.1 Å². The summed E-state index contributed by atoms with van der Waals surface area (Å²) >= 11 is 0. The molecule has 9 nitrogen and oxygen atoms in total. The molecule has 6 rings (SSSR count). The van der Waals surface area contributed by atoms with E-state index in [9.17, 15) is 22.8 Å². The summed E-state index contributed by atoms with van der Waals surface area (Å²) in [6.45, 7) is 8.96. The third kappa shape index (κ3) is 4.97. The Labute approximate surface area is 243 Å². The maximum Gasteiger partial charge on any atom is 0.257 e. The van der Waals surface area contributed by atoms with E-state index in [4.69, 9.17) is 4.74 Å². The van der Waals surface area contributed by atoms with Crippen molar-refractivity contribution in [3.8, 4) is 11.5 Å². The molecule has 2 atom stereocenters. The molecule has 2 aromatic rings. The van der Waals surface area contributed by atoms with E-state index >= 15 is 0 Å². The maximum absolute atomic E-state index is 14.2. The Morgan fingerprint density at radius 1 is 1.19 bits per heavy atom. The zero-order chi connectivity index (χ0) is 29.9. The molecule has 1 aromatic carbocycles. The first kappa shape index (κ1) is 28.7. The van der Waals surface area contributed by atoms with E-state index < -0.39 is 23.2 Å². The second kappa shape index (κ2) is 10.4. The first-order chi connectivity index (χ1) is 20.0. The number of benzene rings is 1. The Hall–Kier alpha value is -3.41. The summed E-state index contributed by atoms with van der Waals surface area (Å²) in [7, 11) is 0. The number of amides is 2. The SMILES string of the molecule is CCN(C(=O)c1cc(F)ccc1Oc1cncnc1N1CC2(CCN(C(=O)[C@@H]3C[C@]4(CN3)CC4(F)F)CC2)C1)C(C)C. The average Bonchev–Trinajstić information content (AvgIpc) is 3.24. The zero-order valence-electron chi connectivity index (χ0n) is 24.2.